The van der Waals surface area contributed by atoms with E-state index in [-0.39, 0.29) is 5.91 Å². The molecule has 1 heterocycles. The summed E-state index contributed by atoms with van der Waals surface area (Å²) in [6, 6.07) is 0.356. The lowest BCUT2D eigenvalue weighted by Crippen LogP contribution is -2.50. The van der Waals surface area contributed by atoms with E-state index < -0.39 is 5.38 Å². The molecule has 0 aliphatic carbocycles. The number of alkyl halides is 1. The van der Waals surface area contributed by atoms with Crippen LogP contribution in [0.5, 0.6) is 0 Å². The maximum atomic E-state index is 12.2. The summed E-state index contributed by atoms with van der Waals surface area (Å²) >= 11 is 5.97. The van der Waals surface area contributed by atoms with Crippen LogP contribution in [-0.2, 0) is 4.79 Å². The topological polar surface area (TPSA) is 26.8 Å². The molecule has 1 atom stereocenters. The molecule has 106 valence electrons. The van der Waals surface area contributed by atoms with Crippen molar-refractivity contribution in [2.75, 3.05) is 47.3 Å². The third kappa shape index (κ3) is 4.75. The van der Waals surface area contributed by atoms with E-state index >= 15 is 0 Å². The van der Waals surface area contributed by atoms with Crippen LogP contribution in [0, 0.1) is 0 Å². The van der Waals surface area contributed by atoms with Crippen LogP contribution >= 0.6 is 11.6 Å². The molecular weight excluding hydrogens is 250 g/mol. The van der Waals surface area contributed by atoms with Crippen LogP contribution in [0.25, 0.3) is 0 Å². The first kappa shape index (κ1) is 15.7. The molecule has 1 fully saturated rings. The van der Waals surface area contributed by atoms with Crippen molar-refractivity contribution >= 4 is 17.5 Å². The zero-order chi connectivity index (χ0) is 13.7. The summed E-state index contributed by atoms with van der Waals surface area (Å²) < 4.78 is 0. The third-order valence-electron chi connectivity index (χ3n) is 3.54. The van der Waals surface area contributed by atoms with Gasteiger partial charge in [0.15, 0.2) is 0 Å². The molecule has 1 aliphatic heterocycles. The second-order valence-electron chi connectivity index (χ2n) is 5.49. The van der Waals surface area contributed by atoms with E-state index in [4.69, 9.17) is 11.6 Å². The maximum absolute atomic E-state index is 12.2. The van der Waals surface area contributed by atoms with Crippen LogP contribution in [0.4, 0.5) is 0 Å². The molecule has 4 nitrogen and oxygen atoms in total. The van der Waals surface area contributed by atoms with Gasteiger partial charge in [0.25, 0.3) is 0 Å². The van der Waals surface area contributed by atoms with Crippen molar-refractivity contribution in [2.45, 2.75) is 31.2 Å². The Morgan fingerprint density at radius 1 is 1.33 bits per heavy atom. The third-order valence-corrected chi connectivity index (χ3v) is 3.73. The number of nitrogens with zero attached hydrogens (tertiary/aromatic N) is 3. The smallest absolute Gasteiger partial charge is 0.240 e. The molecule has 1 saturated heterocycles. The van der Waals surface area contributed by atoms with Crippen molar-refractivity contribution in [1.29, 1.82) is 0 Å². The molecule has 1 unspecified atom stereocenters. The fourth-order valence-electron chi connectivity index (χ4n) is 2.32. The molecule has 0 bridgehead atoms. The van der Waals surface area contributed by atoms with Crippen LogP contribution in [0.15, 0.2) is 0 Å². The Morgan fingerprint density at radius 3 is 2.33 bits per heavy atom. The quantitative estimate of drug-likeness (QED) is 0.703. The van der Waals surface area contributed by atoms with Gasteiger partial charge in [-0.05, 0) is 54.0 Å². The average molecular weight is 276 g/mol. The molecule has 5 heteroatoms. The molecule has 0 spiro atoms. The number of halogens is 1. The Balaban J connectivity index is 2.61. The van der Waals surface area contributed by atoms with Gasteiger partial charge in [-0.2, -0.15) is 0 Å². The van der Waals surface area contributed by atoms with Gasteiger partial charge in [-0.25, -0.2) is 0 Å². The Bertz CT molecular complexity index is 263. The molecule has 0 N–H and O–H groups in total. The fourth-order valence-corrected chi connectivity index (χ4v) is 2.44. The van der Waals surface area contributed by atoms with Crippen molar-refractivity contribution in [3.63, 3.8) is 0 Å². The Labute approximate surface area is 116 Å². The minimum atomic E-state index is -0.424. The van der Waals surface area contributed by atoms with Gasteiger partial charge in [0, 0.05) is 19.1 Å². The van der Waals surface area contributed by atoms with Gasteiger partial charge in [0.1, 0.15) is 5.38 Å². The zero-order valence-corrected chi connectivity index (χ0v) is 12.8. The first-order valence-corrected chi connectivity index (χ1v) is 7.13. The highest BCUT2D eigenvalue weighted by atomic mass is 35.5. The van der Waals surface area contributed by atoms with Gasteiger partial charge in [-0.3, -0.25) is 4.79 Å². The number of likely N-dealkylation sites (tertiary alicyclic amines) is 1. The number of hydrogen-bond acceptors (Lipinski definition) is 3. The van der Waals surface area contributed by atoms with Crippen molar-refractivity contribution in [1.82, 2.24) is 14.7 Å². The summed E-state index contributed by atoms with van der Waals surface area (Å²) in [6.45, 7) is 5.56. The number of amides is 1. The molecule has 1 aliphatic rings. The summed E-state index contributed by atoms with van der Waals surface area (Å²) in [6.07, 6.45) is 2.11. The Morgan fingerprint density at radius 2 is 1.89 bits per heavy atom. The molecule has 0 aromatic carbocycles. The maximum Gasteiger partial charge on any atom is 0.240 e. The first-order valence-electron chi connectivity index (χ1n) is 6.69. The SMILES string of the molecule is CC(Cl)C(=O)N(CCN(C)C)C1CCN(C)CC1. The number of rotatable bonds is 5. The van der Waals surface area contributed by atoms with Crippen molar-refractivity contribution in [3.05, 3.63) is 0 Å². The summed E-state index contributed by atoms with van der Waals surface area (Å²) in [7, 11) is 6.19. The van der Waals surface area contributed by atoms with Gasteiger partial charge in [0.2, 0.25) is 5.91 Å². The normalized spacial score (nSPS) is 20.1. The van der Waals surface area contributed by atoms with Crippen molar-refractivity contribution in [3.8, 4) is 0 Å². The number of piperidine rings is 1. The van der Waals surface area contributed by atoms with Crippen LogP contribution < -0.4 is 0 Å². The summed E-state index contributed by atoms with van der Waals surface area (Å²) in [5, 5.41) is -0.424. The predicted molar refractivity (Wildman–Crippen MR) is 76.1 cm³/mol. The second kappa shape index (κ2) is 7.31. The second-order valence-corrected chi connectivity index (χ2v) is 6.14. The van der Waals surface area contributed by atoms with Crippen LogP contribution in [0.1, 0.15) is 19.8 Å². The summed E-state index contributed by atoms with van der Waals surface area (Å²) in [4.78, 5) is 18.6. The van der Waals surface area contributed by atoms with E-state index in [0.29, 0.717) is 6.04 Å². The summed E-state index contributed by atoms with van der Waals surface area (Å²) in [5.41, 5.74) is 0. The van der Waals surface area contributed by atoms with Gasteiger partial charge in [-0.15, -0.1) is 11.6 Å². The van der Waals surface area contributed by atoms with Crippen molar-refractivity contribution < 1.29 is 4.79 Å². The van der Waals surface area contributed by atoms with E-state index in [9.17, 15) is 4.79 Å². The van der Waals surface area contributed by atoms with Gasteiger partial charge < -0.3 is 14.7 Å². The monoisotopic (exact) mass is 275 g/mol. The minimum Gasteiger partial charge on any atom is -0.337 e. The van der Waals surface area contributed by atoms with E-state index in [0.717, 1.165) is 39.0 Å². The van der Waals surface area contributed by atoms with Crippen molar-refractivity contribution in [2.24, 2.45) is 0 Å². The molecule has 0 aromatic rings. The Kier molecular flexibility index (Phi) is 6.39. The highest BCUT2D eigenvalue weighted by Crippen LogP contribution is 2.17. The van der Waals surface area contributed by atoms with E-state index in [2.05, 4.69) is 16.8 Å². The lowest BCUT2D eigenvalue weighted by molar-refractivity contribution is -0.134. The van der Waals surface area contributed by atoms with Crippen LogP contribution in [0.2, 0.25) is 0 Å². The largest absolute Gasteiger partial charge is 0.337 e. The first-order chi connectivity index (χ1) is 8.41. The van der Waals surface area contributed by atoms with Crippen LogP contribution in [-0.4, -0.2) is 79.3 Å². The standard InChI is InChI=1S/C13H26ClN3O/c1-11(14)13(18)17(10-9-15(2)3)12-5-7-16(4)8-6-12/h11-12H,5-10H2,1-4H3. The summed E-state index contributed by atoms with van der Waals surface area (Å²) in [5.74, 6) is 0.0769. The predicted octanol–water partition coefficient (Wildman–Crippen LogP) is 1.10. The fraction of sp³-hybridized carbons (Fsp3) is 0.923. The Hall–Kier alpha value is -0.320. The number of likely N-dealkylation sites (N-methyl/N-ethyl adjacent to an activating group) is 1. The number of carbonyl (C=O) groups excluding carboxylic acids is 1. The van der Waals surface area contributed by atoms with Gasteiger partial charge >= 0.3 is 0 Å². The highest BCUT2D eigenvalue weighted by Gasteiger charge is 2.28. The highest BCUT2D eigenvalue weighted by molar-refractivity contribution is 6.30. The van der Waals surface area contributed by atoms with E-state index in [1.54, 1.807) is 6.92 Å². The lowest BCUT2D eigenvalue weighted by Gasteiger charge is -2.38. The minimum absolute atomic E-state index is 0.0769. The molecule has 1 rings (SSSR count). The number of hydrogen-bond donors (Lipinski definition) is 0. The van der Waals surface area contributed by atoms with Gasteiger partial charge in [0.05, 0.1) is 0 Å². The van der Waals surface area contributed by atoms with E-state index in [1.165, 1.54) is 0 Å². The molecule has 0 radical (unpaired) electrons. The zero-order valence-electron chi connectivity index (χ0n) is 12.0. The number of carbonyl (C=O) groups is 1. The molecular formula is C13H26ClN3O. The molecule has 0 aromatic heterocycles. The average Bonchev–Trinajstić information content (AvgIpc) is 2.30. The molecule has 1 amide bonds. The molecule has 18 heavy (non-hydrogen) atoms. The van der Waals surface area contributed by atoms with Crippen LogP contribution in [0.3, 0.4) is 0 Å². The van der Waals surface area contributed by atoms with Gasteiger partial charge in [-0.1, -0.05) is 0 Å². The van der Waals surface area contributed by atoms with E-state index in [1.807, 2.05) is 19.0 Å². The lowest BCUT2D eigenvalue weighted by atomic mass is 10.0. The molecule has 0 saturated carbocycles.